The molecular weight excluding hydrogens is 392 g/mol. The van der Waals surface area contributed by atoms with Gasteiger partial charge in [-0.1, -0.05) is 23.8 Å². The number of aromatic nitrogens is 1. The Morgan fingerprint density at radius 1 is 1.06 bits per heavy atom. The van der Waals surface area contributed by atoms with Crippen LogP contribution in [0.15, 0.2) is 59.2 Å². The van der Waals surface area contributed by atoms with Crippen LogP contribution >= 0.6 is 0 Å². The van der Waals surface area contributed by atoms with Gasteiger partial charge in [0.05, 0.1) is 5.69 Å². The molecule has 0 aliphatic heterocycles. The highest BCUT2D eigenvalue weighted by Crippen LogP contribution is 2.19. The second kappa shape index (κ2) is 9.47. The minimum Gasteiger partial charge on any atom is -0.444 e. The Hall–Kier alpha value is -3.61. The number of carbonyl (C=O) groups excluding carboxylic acids is 2. The first kappa shape index (κ1) is 22.1. The highest BCUT2D eigenvalue weighted by molar-refractivity contribution is 5.97. The number of benzene rings is 2. The number of anilines is 1. The van der Waals surface area contributed by atoms with Gasteiger partial charge in [0.1, 0.15) is 6.26 Å². The second-order valence-electron chi connectivity index (χ2n) is 8.43. The third-order valence-electron chi connectivity index (χ3n) is 4.39. The standard InChI is InChI=1S/C24H28N4O3/c1-16-8-10-17(11-9-16)22-26-20(15-31-22)12-13-25-23(30)27-19-7-5-6-18(14-19)21(29)28-24(2,3)4/h5-11,14-15H,12-13H2,1-4H3,(H,28,29)(H2,25,27,30). The number of nitrogens with zero attached hydrogens (tertiary/aromatic N) is 1. The molecule has 3 amide bonds. The molecule has 162 valence electrons. The molecule has 0 saturated heterocycles. The molecule has 3 aromatic rings. The Labute approximate surface area is 182 Å². The second-order valence-corrected chi connectivity index (χ2v) is 8.43. The van der Waals surface area contributed by atoms with Gasteiger partial charge >= 0.3 is 6.03 Å². The minimum atomic E-state index is -0.351. The quantitative estimate of drug-likeness (QED) is 0.545. The van der Waals surface area contributed by atoms with Crippen LogP contribution < -0.4 is 16.0 Å². The molecular formula is C24H28N4O3. The van der Waals surface area contributed by atoms with E-state index in [1.54, 1.807) is 30.5 Å². The molecule has 0 bridgehead atoms. The third kappa shape index (κ3) is 6.70. The van der Waals surface area contributed by atoms with Crippen molar-refractivity contribution in [3.05, 3.63) is 71.6 Å². The number of carbonyl (C=O) groups is 2. The molecule has 31 heavy (non-hydrogen) atoms. The molecule has 0 unspecified atom stereocenters. The van der Waals surface area contributed by atoms with Gasteiger partial charge in [0.2, 0.25) is 5.89 Å². The smallest absolute Gasteiger partial charge is 0.319 e. The van der Waals surface area contributed by atoms with Gasteiger partial charge in [-0.15, -0.1) is 0 Å². The van der Waals surface area contributed by atoms with Crippen molar-refractivity contribution in [2.75, 3.05) is 11.9 Å². The van der Waals surface area contributed by atoms with Gasteiger partial charge < -0.3 is 20.4 Å². The number of aryl methyl sites for hydroxylation is 1. The number of hydrogen-bond donors (Lipinski definition) is 3. The Balaban J connectivity index is 1.49. The van der Waals surface area contributed by atoms with Crippen molar-refractivity contribution in [1.29, 1.82) is 0 Å². The molecule has 1 heterocycles. The maximum absolute atomic E-state index is 12.3. The summed E-state index contributed by atoms with van der Waals surface area (Å²) in [6.07, 6.45) is 2.14. The Kier molecular flexibility index (Phi) is 6.74. The van der Waals surface area contributed by atoms with Gasteiger partial charge in [-0.25, -0.2) is 9.78 Å². The Morgan fingerprint density at radius 3 is 2.52 bits per heavy atom. The number of oxazole rings is 1. The van der Waals surface area contributed by atoms with Gasteiger partial charge in [0.25, 0.3) is 5.91 Å². The average Bonchev–Trinajstić information content (AvgIpc) is 3.16. The van der Waals surface area contributed by atoms with Gasteiger partial charge in [0, 0.05) is 35.3 Å². The average molecular weight is 421 g/mol. The number of amides is 3. The summed E-state index contributed by atoms with van der Waals surface area (Å²) in [6, 6.07) is 14.4. The number of rotatable bonds is 6. The van der Waals surface area contributed by atoms with E-state index in [1.165, 1.54) is 5.56 Å². The normalized spacial score (nSPS) is 11.1. The zero-order valence-corrected chi connectivity index (χ0v) is 18.3. The molecule has 0 aliphatic rings. The van der Waals surface area contributed by atoms with Gasteiger partial charge in [-0.05, 0) is 58.0 Å². The largest absolute Gasteiger partial charge is 0.444 e. The first-order chi connectivity index (χ1) is 14.7. The van der Waals surface area contributed by atoms with Crippen molar-refractivity contribution in [1.82, 2.24) is 15.6 Å². The van der Waals surface area contributed by atoms with Crippen LogP contribution in [0.1, 0.15) is 42.4 Å². The van der Waals surface area contributed by atoms with Crippen molar-refractivity contribution in [2.45, 2.75) is 39.7 Å². The summed E-state index contributed by atoms with van der Waals surface area (Å²) in [5.41, 5.74) is 3.54. The van der Waals surface area contributed by atoms with Crippen LogP contribution in [0.2, 0.25) is 0 Å². The van der Waals surface area contributed by atoms with E-state index < -0.39 is 0 Å². The zero-order chi connectivity index (χ0) is 22.4. The van der Waals surface area contributed by atoms with E-state index in [0.29, 0.717) is 30.1 Å². The molecule has 7 nitrogen and oxygen atoms in total. The van der Waals surface area contributed by atoms with Gasteiger partial charge in [-0.3, -0.25) is 4.79 Å². The Bertz CT molecular complexity index is 1050. The molecule has 0 spiro atoms. The number of hydrogen-bond acceptors (Lipinski definition) is 4. The third-order valence-corrected chi connectivity index (χ3v) is 4.39. The van der Waals surface area contributed by atoms with Crippen molar-refractivity contribution >= 4 is 17.6 Å². The van der Waals surface area contributed by atoms with Gasteiger partial charge in [0.15, 0.2) is 0 Å². The lowest BCUT2D eigenvalue weighted by atomic mass is 10.1. The predicted octanol–water partition coefficient (Wildman–Crippen LogP) is 4.54. The maximum atomic E-state index is 12.3. The molecule has 7 heteroatoms. The van der Waals surface area contributed by atoms with Crippen molar-refractivity contribution < 1.29 is 14.0 Å². The van der Waals surface area contributed by atoms with Crippen LogP contribution in [-0.2, 0) is 6.42 Å². The van der Waals surface area contributed by atoms with E-state index in [-0.39, 0.29) is 17.5 Å². The summed E-state index contributed by atoms with van der Waals surface area (Å²) in [5, 5.41) is 8.44. The summed E-state index contributed by atoms with van der Waals surface area (Å²) < 4.78 is 5.54. The van der Waals surface area contributed by atoms with Gasteiger partial charge in [-0.2, -0.15) is 0 Å². The molecule has 3 N–H and O–H groups in total. The Morgan fingerprint density at radius 2 is 1.81 bits per heavy atom. The van der Waals surface area contributed by atoms with E-state index in [1.807, 2.05) is 52.0 Å². The predicted molar refractivity (Wildman–Crippen MR) is 121 cm³/mol. The lowest BCUT2D eigenvalue weighted by molar-refractivity contribution is 0.0919. The number of nitrogens with one attached hydrogen (secondary N) is 3. The molecule has 1 aromatic heterocycles. The summed E-state index contributed by atoms with van der Waals surface area (Å²) >= 11 is 0. The summed E-state index contributed by atoms with van der Waals surface area (Å²) in [7, 11) is 0. The number of urea groups is 1. The van der Waals surface area contributed by atoms with E-state index in [4.69, 9.17) is 4.42 Å². The summed E-state index contributed by atoms with van der Waals surface area (Å²) in [5.74, 6) is 0.372. The minimum absolute atomic E-state index is 0.188. The SMILES string of the molecule is Cc1ccc(-c2nc(CCNC(=O)Nc3cccc(C(=O)NC(C)(C)C)c3)co2)cc1. The van der Waals surface area contributed by atoms with Crippen LogP contribution in [0, 0.1) is 6.92 Å². The van der Waals surface area contributed by atoms with Crippen LogP contribution in [0.5, 0.6) is 0 Å². The monoisotopic (exact) mass is 420 g/mol. The molecule has 0 radical (unpaired) electrons. The highest BCUT2D eigenvalue weighted by atomic mass is 16.3. The van der Waals surface area contributed by atoms with E-state index in [2.05, 4.69) is 20.9 Å². The topological polar surface area (TPSA) is 96.3 Å². The van der Waals surface area contributed by atoms with E-state index >= 15 is 0 Å². The van der Waals surface area contributed by atoms with Crippen LogP contribution in [0.25, 0.3) is 11.5 Å². The van der Waals surface area contributed by atoms with Crippen LogP contribution in [-0.4, -0.2) is 29.0 Å². The molecule has 0 saturated carbocycles. The van der Waals surface area contributed by atoms with Crippen molar-refractivity contribution in [3.8, 4) is 11.5 Å². The fourth-order valence-electron chi connectivity index (χ4n) is 2.88. The molecule has 3 rings (SSSR count). The molecule has 0 fully saturated rings. The zero-order valence-electron chi connectivity index (χ0n) is 18.3. The summed E-state index contributed by atoms with van der Waals surface area (Å²) in [6.45, 7) is 8.17. The fraction of sp³-hybridized carbons (Fsp3) is 0.292. The maximum Gasteiger partial charge on any atom is 0.319 e. The molecule has 0 aliphatic carbocycles. The van der Waals surface area contributed by atoms with E-state index in [0.717, 1.165) is 11.3 Å². The van der Waals surface area contributed by atoms with Crippen LogP contribution in [0.3, 0.4) is 0 Å². The highest BCUT2D eigenvalue weighted by Gasteiger charge is 2.15. The van der Waals surface area contributed by atoms with E-state index in [9.17, 15) is 9.59 Å². The first-order valence-electron chi connectivity index (χ1n) is 10.2. The molecule has 2 aromatic carbocycles. The first-order valence-corrected chi connectivity index (χ1v) is 10.2. The van der Waals surface area contributed by atoms with Crippen LogP contribution in [0.4, 0.5) is 10.5 Å². The lowest BCUT2D eigenvalue weighted by Crippen LogP contribution is -2.40. The molecule has 0 atom stereocenters. The van der Waals surface area contributed by atoms with Crippen molar-refractivity contribution in [2.24, 2.45) is 0 Å². The fourth-order valence-corrected chi connectivity index (χ4v) is 2.88. The summed E-state index contributed by atoms with van der Waals surface area (Å²) in [4.78, 5) is 29.0. The lowest BCUT2D eigenvalue weighted by Gasteiger charge is -2.20. The van der Waals surface area contributed by atoms with Crippen molar-refractivity contribution in [3.63, 3.8) is 0 Å².